The molecule has 0 aliphatic carbocycles. The minimum atomic E-state index is -0.771. The van der Waals surface area contributed by atoms with E-state index in [9.17, 15) is 14.4 Å². The number of nitrogens with zero attached hydrogens (tertiary/aromatic N) is 1. The summed E-state index contributed by atoms with van der Waals surface area (Å²) >= 11 is 0. The van der Waals surface area contributed by atoms with Gasteiger partial charge < -0.3 is 10.2 Å². The van der Waals surface area contributed by atoms with Crippen LogP contribution < -0.4 is 5.32 Å². The van der Waals surface area contributed by atoms with Crippen LogP contribution in [0.2, 0.25) is 0 Å². The molecule has 1 aliphatic heterocycles. The van der Waals surface area contributed by atoms with E-state index in [1.807, 2.05) is 13.8 Å². The molecular weight excluding hydrogens is 200 g/mol. The van der Waals surface area contributed by atoms with Gasteiger partial charge in [0.25, 0.3) is 11.8 Å². The van der Waals surface area contributed by atoms with Gasteiger partial charge in [0, 0.05) is 19.4 Å². The molecule has 0 unspecified atom stereocenters. The molecule has 0 aromatic heterocycles. The number of amides is 3. The molecule has 0 atom stereocenters. The third-order valence-corrected chi connectivity index (χ3v) is 1.83. The maximum atomic E-state index is 11.1. The molecule has 1 N–H and O–H groups in total. The third kappa shape index (κ3) is 3.23. The van der Waals surface area contributed by atoms with Crippen LogP contribution in [0.5, 0.6) is 0 Å². The van der Waals surface area contributed by atoms with E-state index >= 15 is 0 Å². The van der Waals surface area contributed by atoms with E-state index in [2.05, 4.69) is 10.2 Å². The zero-order chi connectivity index (χ0) is 11.4. The van der Waals surface area contributed by atoms with E-state index in [1.165, 1.54) is 0 Å². The van der Waals surface area contributed by atoms with Crippen molar-refractivity contribution < 1.29 is 19.2 Å². The molecule has 6 nitrogen and oxygen atoms in total. The molecule has 15 heavy (non-hydrogen) atoms. The molecule has 0 bridgehead atoms. The molecular formula is C9H14N2O4. The van der Waals surface area contributed by atoms with Gasteiger partial charge in [0.1, 0.15) is 0 Å². The first kappa shape index (κ1) is 11.5. The van der Waals surface area contributed by atoms with Gasteiger partial charge in [-0.2, -0.15) is 0 Å². The molecule has 0 aromatic carbocycles. The highest BCUT2D eigenvalue weighted by molar-refractivity contribution is 6.01. The molecule has 0 radical (unpaired) electrons. The maximum absolute atomic E-state index is 11.1. The third-order valence-electron chi connectivity index (χ3n) is 1.83. The summed E-state index contributed by atoms with van der Waals surface area (Å²) in [5, 5.41) is 2.97. The average Bonchev–Trinajstić information content (AvgIpc) is 2.46. The first-order valence-corrected chi connectivity index (χ1v) is 4.82. The molecule has 6 heteroatoms. The van der Waals surface area contributed by atoms with Crippen LogP contribution in [-0.4, -0.2) is 29.5 Å². The lowest BCUT2D eigenvalue weighted by Crippen LogP contribution is -2.38. The molecule has 1 rings (SSSR count). The van der Waals surface area contributed by atoms with Crippen LogP contribution in [-0.2, 0) is 14.4 Å². The van der Waals surface area contributed by atoms with E-state index in [1.54, 1.807) is 0 Å². The van der Waals surface area contributed by atoms with Crippen LogP contribution in [0.1, 0.15) is 26.7 Å². The van der Waals surface area contributed by atoms with Crippen molar-refractivity contribution in [2.45, 2.75) is 26.7 Å². The van der Waals surface area contributed by atoms with Crippen molar-refractivity contribution in [1.82, 2.24) is 10.4 Å². The Hall–Kier alpha value is -1.59. The molecule has 0 spiro atoms. The highest BCUT2D eigenvalue weighted by Gasteiger charge is 2.32. The van der Waals surface area contributed by atoms with Crippen LogP contribution in [0.3, 0.4) is 0 Å². The van der Waals surface area contributed by atoms with Gasteiger partial charge in [0.2, 0.25) is 0 Å². The number of imide groups is 1. The molecule has 3 amide bonds. The lowest BCUT2D eigenvalue weighted by molar-refractivity contribution is -0.171. The summed E-state index contributed by atoms with van der Waals surface area (Å²) < 4.78 is 0. The molecule has 84 valence electrons. The topological polar surface area (TPSA) is 75.7 Å². The predicted molar refractivity (Wildman–Crippen MR) is 50.4 cm³/mol. The molecule has 1 heterocycles. The Bertz CT molecular complexity index is 272. The first-order valence-electron chi connectivity index (χ1n) is 4.82. The van der Waals surface area contributed by atoms with Gasteiger partial charge in [-0.1, -0.05) is 13.8 Å². The highest BCUT2D eigenvalue weighted by Crippen LogP contribution is 2.11. The van der Waals surface area contributed by atoms with Crippen molar-refractivity contribution in [1.29, 1.82) is 0 Å². The number of carbonyl (C=O) groups is 3. The Labute approximate surface area is 87.5 Å². The normalized spacial score (nSPS) is 16.1. The number of hydrogen-bond donors (Lipinski definition) is 1. The van der Waals surface area contributed by atoms with Crippen molar-refractivity contribution in [2.75, 3.05) is 6.54 Å². The van der Waals surface area contributed by atoms with Crippen molar-refractivity contribution in [3.8, 4) is 0 Å². The van der Waals surface area contributed by atoms with Gasteiger partial charge in [-0.25, -0.2) is 4.79 Å². The second-order valence-corrected chi connectivity index (χ2v) is 3.74. The second kappa shape index (κ2) is 4.77. The summed E-state index contributed by atoms with van der Waals surface area (Å²) in [6.07, 6.45) is -0.556. The van der Waals surface area contributed by atoms with E-state index < -0.39 is 17.9 Å². The fourth-order valence-electron chi connectivity index (χ4n) is 1.06. The summed E-state index contributed by atoms with van der Waals surface area (Å²) in [6, 6.07) is 0. The molecule has 0 saturated carbocycles. The van der Waals surface area contributed by atoms with Crippen LogP contribution in [0.15, 0.2) is 0 Å². The van der Waals surface area contributed by atoms with Gasteiger partial charge >= 0.3 is 6.09 Å². The Morgan fingerprint density at radius 3 is 2.40 bits per heavy atom. The lowest BCUT2D eigenvalue weighted by atomic mass is 10.2. The number of carbonyl (C=O) groups excluding carboxylic acids is 3. The Morgan fingerprint density at radius 1 is 1.40 bits per heavy atom. The van der Waals surface area contributed by atoms with E-state index in [0.29, 0.717) is 11.6 Å². The maximum Gasteiger partial charge on any atom is 0.432 e. The fraction of sp³-hybridized carbons (Fsp3) is 0.667. The highest BCUT2D eigenvalue weighted by atomic mass is 16.7. The summed E-state index contributed by atoms with van der Waals surface area (Å²) in [6.45, 7) is 4.29. The van der Waals surface area contributed by atoms with Crippen molar-refractivity contribution in [2.24, 2.45) is 5.92 Å². The van der Waals surface area contributed by atoms with E-state index in [0.717, 1.165) is 0 Å². The quantitative estimate of drug-likeness (QED) is 0.691. The summed E-state index contributed by atoms with van der Waals surface area (Å²) in [5.74, 6) is -0.665. The van der Waals surface area contributed by atoms with Gasteiger partial charge in [-0.3, -0.25) is 9.59 Å². The largest absolute Gasteiger partial charge is 0.432 e. The smallest absolute Gasteiger partial charge is 0.319 e. The van der Waals surface area contributed by atoms with Crippen molar-refractivity contribution in [3.63, 3.8) is 0 Å². The molecule has 1 saturated heterocycles. The zero-order valence-corrected chi connectivity index (χ0v) is 8.78. The second-order valence-electron chi connectivity index (χ2n) is 3.74. The van der Waals surface area contributed by atoms with Gasteiger partial charge in [0.15, 0.2) is 0 Å². The molecule has 0 aromatic rings. The number of rotatable bonds is 3. The van der Waals surface area contributed by atoms with Gasteiger partial charge in [-0.05, 0) is 5.92 Å². The minimum absolute atomic E-state index is 0.107. The molecule has 1 fully saturated rings. The van der Waals surface area contributed by atoms with Crippen molar-refractivity contribution >= 4 is 17.9 Å². The number of hydrogen-bond acceptors (Lipinski definition) is 4. The zero-order valence-electron chi connectivity index (χ0n) is 8.78. The van der Waals surface area contributed by atoms with E-state index in [-0.39, 0.29) is 18.8 Å². The van der Waals surface area contributed by atoms with Gasteiger partial charge in [-0.15, -0.1) is 5.06 Å². The van der Waals surface area contributed by atoms with Crippen molar-refractivity contribution in [3.05, 3.63) is 0 Å². The fourth-order valence-corrected chi connectivity index (χ4v) is 1.06. The van der Waals surface area contributed by atoms with Crippen LogP contribution >= 0.6 is 0 Å². The summed E-state index contributed by atoms with van der Waals surface area (Å²) in [5.41, 5.74) is 0. The predicted octanol–water partition coefficient (Wildman–Crippen LogP) is 0.433. The number of hydroxylamine groups is 2. The van der Waals surface area contributed by atoms with Crippen LogP contribution in [0, 0.1) is 5.92 Å². The molecule has 1 aliphatic rings. The SMILES string of the molecule is CC(C)CNC(=O)ON1C(=O)CCC1=O. The summed E-state index contributed by atoms with van der Waals surface area (Å²) in [7, 11) is 0. The number of nitrogens with one attached hydrogen (secondary N) is 1. The van der Waals surface area contributed by atoms with Crippen LogP contribution in [0.25, 0.3) is 0 Å². The Morgan fingerprint density at radius 2 is 1.93 bits per heavy atom. The van der Waals surface area contributed by atoms with Crippen LogP contribution in [0.4, 0.5) is 4.79 Å². The first-order chi connectivity index (χ1) is 7.00. The van der Waals surface area contributed by atoms with E-state index in [4.69, 9.17) is 0 Å². The average molecular weight is 214 g/mol. The standard InChI is InChI=1S/C9H14N2O4/c1-6(2)5-10-9(14)15-11-7(12)3-4-8(11)13/h6H,3-5H2,1-2H3,(H,10,14). The Balaban J connectivity index is 2.37. The lowest BCUT2D eigenvalue weighted by Gasteiger charge is -2.13. The van der Waals surface area contributed by atoms with Gasteiger partial charge in [0.05, 0.1) is 0 Å². The minimum Gasteiger partial charge on any atom is -0.319 e. The summed E-state index contributed by atoms with van der Waals surface area (Å²) in [4.78, 5) is 37.8. The monoisotopic (exact) mass is 214 g/mol. The Kier molecular flexibility index (Phi) is 3.65.